The summed E-state index contributed by atoms with van der Waals surface area (Å²) >= 11 is 0. The molecule has 2 aromatic heterocycles. The summed E-state index contributed by atoms with van der Waals surface area (Å²) in [7, 11) is 0. The van der Waals surface area contributed by atoms with Crippen LogP contribution in [-0.4, -0.2) is 71.0 Å². The number of hydrogen-bond acceptors (Lipinski definition) is 8. The number of hydrogen-bond donors (Lipinski definition) is 2. The van der Waals surface area contributed by atoms with Crippen molar-refractivity contribution in [3.8, 4) is 28.8 Å². The van der Waals surface area contributed by atoms with Crippen LogP contribution in [0.1, 0.15) is 25.0 Å². The standard InChI is InChI=1S/C27H31N7O/c28-27-25(20-24(30-31-27)23-8-2-3-9-26(23)35)34-17-15-33(16-18-34)22-10-11-29-21(19-22)7-6-14-32-12-4-1-5-13-32/h2-3,8-11,19-20,35H,1,4-5,12-18H2,(H2,28,31). The van der Waals surface area contributed by atoms with Crippen molar-refractivity contribution in [3.63, 3.8) is 0 Å². The molecular formula is C27H31N7O. The first kappa shape index (κ1) is 22.9. The highest BCUT2D eigenvalue weighted by molar-refractivity contribution is 5.74. The molecule has 0 amide bonds. The van der Waals surface area contributed by atoms with Crippen molar-refractivity contribution in [2.24, 2.45) is 0 Å². The third-order valence-corrected chi connectivity index (χ3v) is 6.68. The lowest BCUT2D eigenvalue weighted by molar-refractivity contribution is 0.255. The number of rotatable bonds is 4. The van der Waals surface area contributed by atoms with Crippen LogP contribution in [0.4, 0.5) is 17.2 Å². The van der Waals surface area contributed by atoms with E-state index in [1.807, 2.05) is 30.5 Å². The molecule has 0 atom stereocenters. The number of aromatic hydroxyl groups is 1. The molecule has 0 spiro atoms. The molecule has 35 heavy (non-hydrogen) atoms. The number of piperidine rings is 1. The predicted octanol–water partition coefficient (Wildman–Crippen LogP) is 2.99. The first-order valence-corrected chi connectivity index (χ1v) is 12.3. The van der Waals surface area contributed by atoms with E-state index < -0.39 is 0 Å². The van der Waals surface area contributed by atoms with Crippen molar-refractivity contribution in [3.05, 3.63) is 54.4 Å². The van der Waals surface area contributed by atoms with E-state index in [-0.39, 0.29) is 5.75 Å². The highest BCUT2D eigenvalue weighted by Crippen LogP contribution is 2.32. The maximum atomic E-state index is 10.2. The number of nitrogens with zero attached hydrogens (tertiary/aromatic N) is 6. The number of anilines is 3. The van der Waals surface area contributed by atoms with Gasteiger partial charge in [0.25, 0.3) is 0 Å². The van der Waals surface area contributed by atoms with E-state index in [2.05, 4.69) is 47.8 Å². The number of aromatic nitrogens is 3. The van der Waals surface area contributed by atoms with Gasteiger partial charge in [-0.25, -0.2) is 4.98 Å². The van der Waals surface area contributed by atoms with Crippen LogP contribution >= 0.6 is 0 Å². The van der Waals surface area contributed by atoms with E-state index >= 15 is 0 Å². The van der Waals surface area contributed by atoms with Gasteiger partial charge in [0, 0.05) is 43.6 Å². The van der Waals surface area contributed by atoms with Crippen LogP contribution in [0.3, 0.4) is 0 Å². The van der Waals surface area contributed by atoms with Crippen LogP contribution in [0.2, 0.25) is 0 Å². The molecule has 2 aliphatic rings. The minimum Gasteiger partial charge on any atom is -0.507 e. The zero-order chi connectivity index (χ0) is 24.0. The fourth-order valence-corrected chi connectivity index (χ4v) is 4.72. The number of piperazine rings is 1. The highest BCUT2D eigenvalue weighted by Gasteiger charge is 2.21. The molecule has 5 rings (SSSR count). The monoisotopic (exact) mass is 469 g/mol. The number of phenolic OH excluding ortho intramolecular Hbond substituents is 1. The summed E-state index contributed by atoms with van der Waals surface area (Å²) in [5.74, 6) is 7.12. The summed E-state index contributed by atoms with van der Waals surface area (Å²) in [5.41, 5.74) is 10.2. The van der Waals surface area contributed by atoms with Crippen LogP contribution in [-0.2, 0) is 0 Å². The Hall–Kier alpha value is -3.83. The first-order chi connectivity index (χ1) is 17.2. The predicted molar refractivity (Wildman–Crippen MR) is 139 cm³/mol. The third-order valence-electron chi connectivity index (χ3n) is 6.68. The average Bonchev–Trinajstić information content (AvgIpc) is 2.90. The molecule has 3 aromatic rings. The van der Waals surface area contributed by atoms with Crippen molar-refractivity contribution < 1.29 is 5.11 Å². The molecule has 4 heterocycles. The van der Waals surface area contributed by atoms with Gasteiger partial charge in [-0.1, -0.05) is 24.5 Å². The largest absolute Gasteiger partial charge is 0.507 e. The summed E-state index contributed by atoms with van der Waals surface area (Å²) in [6.07, 6.45) is 5.73. The molecular weight excluding hydrogens is 438 g/mol. The minimum atomic E-state index is 0.176. The number of nitrogen functional groups attached to an aromatic ring is 1. The molecule has 0 saturated carbocycles. The fourth-order valence-electron chi connectivity index (χ4n) is 4.72. The number of phenols is 1. The summed E-state index contributed by atoms with van der Waals surface area (Å²) in [6.45, 7) is 6.41. The summed E-state index contributed by atoms with van der Waals surface area (Å²) in [5, 5.41) is 18.6. The molecule has 0 radical (unpaired) electrons. The number of para-hydroxylation sites is 1. The lowest BCUT2D eigenvalue weighted by Crippen LogP contribution is -2.46. The van der Waals surface area contributed by atoms with Crippen molar-refractivity contribution >= 4 is 17.2 Å². The van der Waals surface area contributed by atoms with Crippen molar-refractivity contribution in [2.75, 3.05) is 61.3 Å². The Labute approximate surface area is 206 Å². The third kappa shape index (κ3) is 5.47. The van der Waals surface area contributed by atoms with E-state index in [1.165, 1.54) is 19.3 Å². The van der Waals surface area contributed by atoms with Gasteiger partial charge in [-0.15, -0.1) is 10.2 Å². The Kier molecular flexibility index (Phi) is 6.96. The highest BCUT2D eigenvalue weighted by atomic mass is 16.3. The van der Waals surface area contributed by atoms with Crippen molar-refractivity contribution in [1.82, 2.24) is 20.1 Å². The van der Waals surface area contributed by atoms with E-state index in [1.54, 1.807) is 12.1 Å². The zero-order valence-electron chi connectivity index (χ0n) is 19.9. The molecule has 0 unspecified atom stereocenters. The zero-order valence-corrected chi connectivity index (χ0v) is 19.9. The molecule has 180 valence electrons. The molecule has 8 nitrogen and oxygen atoms in total. The van der Waals surface area contributed by atoms with Crippen molar-refractivity contribution in [1.29, 1.82) is 0 Å². The van der Waals surface area contributed by atoms with Crippen LogP contribution in [0.5, 0.6) is 5.75 Å². The lowest BCUT2D eigenvalue weighted by Gasteiger charge is -2.37. The summed E-state index contributed by atoms with van der Waals surface area (Å²) in [6, 6.07) is 13.2. The lowest BCUT2D eigenvalue weighted by atomic mass is 10.1. The van der Waals surface area contributed by atoms with Gasteiger partial charge < -0.3 is 20.6 Å². The van der Waals surface area contributed by atoms with E-state index in [9.17, 15) is 5.11 Å². The molecule has 3 N–H and O–H groups in total. The Bertz CT molecular complexity index is 1220. The second-order valence-corrected chi connectivity index (χ2v) is 9.03. The molecule has 2 aliphatic heterocycles. The fraction of sp³-hybridized carbons (Fsp3) is 0.370. The van der Waals surface area contributed by atoms with Crippen LogP contribution in [0.15, 0.2) is 48.7 Å². The molecule has 2 saturated heterocycles. The summed E-state index contributed by atoms with van der Waals surface area (Å²) in [4.78, 5) is 11.5. The molecule has 1 aromatic carbocycles. The Balaban J connectivity index is 1.24. The average molecular weight is 470 g/mol. The topological polar surface area (TPSA) is 94.6 Å². The number of likely N-dealkylation sites (tertiary alicyclic amines) is 1. The SMILES string of the molecule is Nc1nnc(-c2ccccc2O)cc1N1CCN(c2ccnc(C#CCN3CCCCC3)c2)CC1. The van der Waals surface area contributed by atoms with Crippen LogP contribution < -0.4 is 15.5 Å². The maximum absolute atomic E-state index is 10.2. The Morgan fingerprint density at radius 3 is 2.46 bits per heavy atom. The second kappa shape index (κ2) is 10.6. The van der Waals surface area contributed by atoms with Gasteiger partial charge in [-0.2, -0.15) is 0 Å². The maximum Gasteiger partial charge on any atom is 0.169 e. The van der Waals surface area contributed by atoms with Gasteiger partial charge in [0.1, 0.15) is 11.4 Å². The molecule has 8 heteroatoms. The smallest absolute Gasteiger partial charge is 0.169 e. The van der Waals surface area contributed by atoms with Gasteiger partial charge in [-0.05, 0) is 62.2 Å². The van der Waals surface area contributed by atoms with Gasteiger partial charge in [-0.3, -0.25) is 4.90 Å². The Morgan fingerprint density at radius 1 is 0.886 bits per heavy atom. The van der Waals surface area contributed by atoms with Gasteiger partial charge in [0.05, 0.1) is 17.9 Å². The second-order valence-electron chi connectivity index (χ2n) is 9.03. The summed E-state index contributed by atoms with van der Waals surface area (Å²) < 4.78 is 0. The van der Waals surface area contributed by atoms with E-state index in [0.29, 0.717) is 17.1 Å². The first-order valence-electron chi connectivity index (χ1n) is 12.3. The normalized spacial score (nSPS) is 16.6. The van der Waals surface area contributed by atoms with E-state index in [4.69, 9.17) is 5.73 Å². The van der Waals surface area contributed by atoms with Gasteiger partial charge in [0.15, 0.2) is 5.82 Å². The number of benzene rings is 1. The number of pyridine rings is 1. The van der Waals surface area contributed by atoms with Gasteiger partial charge in [0.2, 0.25) is 0 Å². The van der Waals surface area contributed by atoms with Crippen LogP contribution in [0, 0.1) is 11.8 Å². The Morgan fingerprint density at radius 2 is 1.66 bits per heavy atom. The molecule has 2 fully saturated rings. The van der Waals surface area contributed by atoms with E-state index in [0.717, 1.165) is 62.9 Å². The quantitative estimate of drug-likeness (QED) is 0.563. The number of nitrogens with two attached hydrogens (primary N) is 1. The van der Waals surface area contributed by atoms with Crippen molar-refractivity contribution in [2.45, 2.75) is 19.3 Å². The minimum absolute atomic E-state index is 0.176. The van der Waals surface area contributed by atoms with Gasteiger partial charge >= 0.3 is 0 Å². The molecule has 0 aliphatic carbocycles. The van der Waals surface area contributed by atoms with Crippen LogP contribution in [0.25, 0.3) is 11.3 Å². The molecule has 0 bridgehead atoms.